The number of rotatable bonds is 4. The van der Waals surface area contributed by atoms with Crippen LogP contribution in [0.3, 0.4) is 0 Å². The van der Waals surface area contributed by atoms with E-state index in [2.05, 4.69) is 0 Å². The Morgan fingerprint density at radius 2 is 1.50 bits per heavy atom. The van der Waals surface area contributed by atoms with Gasteiger partial charge in [0.1, 0.15) is 12.1 Å². The number of hydrogen-bond donors (Lipinski definition) is 0. The van der Waals surface area contributed by atoms with Crippen LogP contribution in [-0.4, -0.2) is 6.29 Å². The summed E-state index contributed by atoms with van der Waals surface area (Å²) in [5, 5.41) is 0. The Labute approximate surface area is 132 Å². The Balaban J connectivity index is 1.95. The van der Waals surface area contributed by atoms with Gasteiger partial charge in [-0.3, -0.25) is 4.79 Å². The molecule has 0 N–H and O–H groups in total. The van der Waals surface area contributed by atoms with Crippen LogP contribution in [0.5, 0.6) is 0 Å². The lowest BCUT2D eigenvalue weighted by molar-refractivity contribution is 0.112. The Morgan fingerprint density at radius 1 is 0.818 bits per heavy atom. The van der Waals surface area contributed by atoms with E-state index in [0.29, 0.717) is 5.56 Å². The number of hydrogen-bond acceptors (Lipinski definition) is 2. The van der Waals surface area contributed by atoms with Crippen molar-refractivity contribution in [2.24, 2.45) is 0 Å². The second-order valence-corrected chi connectivity index (χ2v) is 5.91. The van der Waals surface area contributed by atoms with Gasteiger partial charge in [0.15, 0.2) is 0 Å². The molecule has 3 heteroatoms. The molecule has 3 rings (SSSR count). The highest BCUT2D eigenvalue weighted by molar-refractivity contribution is 7.99. The molecular formula is C19H13FOS. The van der Waals surface area contributed by atoms with Gasteiger partial charge in [-0.1, -0.05) is 54.2 Å². The van der Waals surface area contributed by atoms with Gasteiger partial charge >= 0.3 is 0 Å². The number of carbonyl (C=O) groups excluding carboxylic acids is 1. The molecule has 0 aliphatic heterocycles. The van der Waals surface area contributed by atoms with Gasteiger partial charge in [-0.2, -0.15) is 0 Å². The molecule has 0 saturated heterocycles. The SMILES string of the molecule is O=Cc1ccc(-c2ccccc2Sc2ccc(F)cc2)cc1. The molecule has 0 atom stereocenters. The van der Waals surface area contributed by atoms with Gasteiger partial charge in [0.25, 0.3) is 0 Å². The van der Waals surface area contributed by atoms with E-state index in [4.69, 9.17) is 0 Å². The van der Waals surface area contributed by atoms with E-state index in [9.17, 15) is 9.18 Å². The molecule has 0 heterocycles. The molecule has 0 aromatic heterocycles. The molecule has 0 aliphatic rings. The molecule has 0 saturated carbocycles. The van der Waals surface area contributed by atoms with Crippen molar-refractivity contribution in [1.29, 1.82) is 0 Å². The maximum atomic E-state index is 13.0. The van der Waals surface area contributed by atoms with Crippen LogP contribution in [0.15, 0.2) is 82.6 Å². The third-order valence-corrected chi connectivity index (χ3v) is 4.37. The lowest BCUT2D eigenvalue weighted by atomic mass is 10.0. The molecule has 22 heavy (non-hydrogen) atoms. The Hall–Kier alpha value is -2.39. The van der Waals surface area contributed by atoms with Crippen LogP contribution in [0, 0.1) is 5.82 Å². The first-order chi connectivity index (χ1) is 10.8. The molecule has 0 radical (unpaired) electrons. The molecule has 108 valence electrons. The smallest absolute Gasteiger partial charge is 0.150 e. The van der Waals surface area contributed by atoms with Crippen molar-refractivity contribution in [2.75, 3.05) is 0 Å². The van der Waals surface area contributed by atoms with Crippen LogP contribution >= 0.6 is 11.8 Å². The second kappa shape index (κ2) is 6.58. The van der Waals surface area contributed by atoms with Gasteiger partial charge < -0.3 is 0 Å². The summed E-state index contributed by atoms with van der Waals surface area (Å²) >= 11 is 1.59. The van der Waals surface area contributed by atoms with Gasteiger partial charge in [-0.15, -0.1) is 0 Å². The molecule has 0 aliphatic carbocycles. The summed E-state index contributed by atoms with van der Waals surface area (Å²) in [6.07, 6.45) is 0.836. The summed E-state index contributed by atoms with van der Waals surface area (Å²) in [5.41, 5.74) is 2.80. The first kappa shape index (κ1) is 14.5. The Kier molecular flexibility index (Phi) is 4.35. The lowest BCUT2D eigenvalue weighted by Gasteiger charge is -2.09. The summed E-state index contributed by atoms with van der Waals surface area (Å²) in [7, 11) is 0. The van der Waals surface area contributed by atoms with E-state index < -0.39 is 0 Å². The van der Waals surface area contributed by atoms with Gasteiger partial charge in [0.2, 0.25) is 0 Å². The van der Waals surface area contributed by atoms with Crippen LogP contribution in [0.4, 0.5) is 4.39 Å². The minimum absolute atomic E-state index is 0.234. The zero-order chi connectivity index (χ0) is 15.4. The van der Waals surface area contributed by atoms with Crippen molar-refractivity contribution in [1.82, 2.24) is 0 Å². The molecule has 0 bridgehead atoms. The van der Waals surface area contributed by atoms with E-state index in [-0.39, 0.29) is 5.82 Å². The van der Waals surface area contributed by atoms with E-state index in [0.717, 1.165) is 27.2 Å². The normalized spacial score (nSPS) is 10.4. The highest BCUT2D eigenvalue weighted by Crippen LogP contribution is 2.35. The van der Waals surface area contributed by atoms with Gasteiger partial charge in [-0.25, -0.2) is 4.39 Å². The summed E-state index contributed by atoms with van der Waals surface area (Å²) in [6, 6.07) is 22.0. The quantitative estimate of drug-likeness (QED) is 0.596. The summed E-state index contributed by atoms with van der Waals surface area (Å²) in [5.74, 6) is -0.234. The van der Waals surface area contributed by atoms with E-state index >= 15 is 0 Å². The van der Waals surface area contributed by atoms with Gasteiger partial charge in [0.05, 0.1) is 0 Å². The predicted molar refractivity (Wildman–Crippen MR) is 87.8 cm³/mol. The van der Waals surface area contributed by atoms with Gasteiger partial charge in [0, 0.05) is 15.4 Å². The summed E-state index contributed by atoms with van der Waals surface area (Å²) in [6.45, 7) is 0. The van der Waals surface area contributed by atoms with Crippen LogP contribution in [0.1, 0.15) is 10.4 Å². The van der Waals surface area contributed by atoms with Crippen LogP contribution in [-0.2, 0) is 0 Å². The number of benzene rings is 3. The number of aldehydes is 1. The van der Waals surface area contributed by atoms with Crippen LogP contribution in [0.25, 0.3) is 11.1 Å². The monoisotopic (exact) mass is 308 g/mol. The van der Waals surface area contributed by atoms with E-state index in [1.165, 1.54) is 12.1 Å². The van der Waals surface area contributed by atoms with Crippen molar-refractivity contribution in [2.45, 2.75) is 9.79 Å². The molecule has 3 aromatic rings. The maximum absolute atomic E-state index is 13.0. The van der Waals surface area contributed by atoms with Crippen molar-refractivity contribution in [3.63, 3.8) is 0 Å². The second-order valence-electron chi connectivity index (χ2n) is 4.79. The fraction of sp³-hybridized carbons (Fsp3) is 0. The molecule has 0 unspecified atom stereocenters. The van der Waals surface area contributed by atoms with Gasteiger partial charge in [-0.05, 0) is 41.5 Å². The molecular weight excluding hydrogens is 295 g/mol. The van der Waals surface area contributed by atoms with Crippen molar-refractivity contribution in [3.05, 3.63) is 84.2 Å². The third-order valence-electron chi connectivity index (χ3n) is 3.29. The standard InChI is InChI=1S/C19H13FOS/c20-16-9-11-17(12-10-16)22-19-4-2-1-3-18(19)15-7-5-14(13-21)6-8-15/h1-13H. The van der Waals surface area contributed by atoms with Crippen LogP contribution < -0.4 is 0 Å². The number of carbonyl (C=O) groups is 1. The fourth-order valence-corrected chi connectivity index (χ4v) is 3.13. The maximum Gasteiger partial charge on any atom is 0.150 e. The minimum Gasteiger partial charge on any atom is -0.298 e. The van der Waals surface area contributed by atoms with Crippen LogP contribution in [0.2, 0.25) is 0 Å². The molecule has 1 nitrogen and oxygen atoms in total. The Bertz CT molecular complexity index is 779. The van der Waals surface area contributed by atoms with E-state index in [1.807, 2.05) is 48.5 Å². The average molecular weight is 308 g/mol. The highest BCUT2D eigenvalue weighted by atomic mass is 32.2. The third kappa shape index (κ3) is 3.26. The molecule has 0 fully saturated rings. The molecule has 0 amide bonds. The fourth-order valence-electron chi connectivity index (χ4n) is 2.16. The Morgan fingerprint density at radius 3 is 2.18 bits per heavy atom. The van der Waals surface area contributed by atoms with Crippen molar-refractivity contribution in [3.8, 4) is 11.1 Å². The highest BCUT2D eigenvalue weighted by Gasteiger charge is 2.06. The zero-order valence-corrected chi connectivity index (χ0v) is 12.5. The molecule has 3 aromatic carbocycles. The summed E-state index contributed by atoms with van der Waals surface area (Å²) in [4.78, 5) is 12.8. The summed E-state index contributed by atoms with van der Waals surface area (Å²) < 4.78 is 13.0. The topological polar surface area (TPSA) is 17.1 Å². The largest absolute Gasteiger partial charge is 0.298 e. The van der Waals surface area contributed by atoms with Crippen molar-refractivity contribution >= 4 is 18.0 Å². The van der Waals surface area contributed by atoms with Crippen molar-refractivity contribution < 1.29 is 9.18 Å². The minimum atomic E-state index is -0.234. The zero-order valence-electron chi connectivity index (χ0n) is 11.7. The first-order valence-electron chi connectivity index (χ1n) is 6.84. The predicted octanol–water partition coefficient (Wildman–Crippen LogP) is 5.46. The van der Waals surface area contributed by atoms with E-state index in [1.54, 1.807) is 23.9 Å². The first-order valence-corrected chi connectivity index (χ1v) is 7.66. The number of halogens is 1. The molecule has 0 spiro atoms. The average Bonchev–Trinajstić information content (AvgIpc) is 2.58. The lowest BCUT2D eigenvalue weighted by Crippen LogP contribution is -1.84.